The van der Waals surface area contributed by atoms with Crippen LogP contribution in [0.25, 0.3) is 22.8 Å². The summed E-state index contributed by atoms with van der Waals surface area (Å²) >= 11 is 0. The number of nitrogens with zero attached hydrogens (tertiary/aromatic N) is 3. The summed E-state index contributed by atoms with van der Waals surface area (Å²) in [6, 6.07) is 17.1. The molecule has 5 heteroatoms. The van der Waals surface area contributed by atoms with E-state index in [0.717, 1.165) is 11.1 Å². The lowest BCUT2D eigenvalue weighted by atomic mass is 10.2. The summed E-state index contributed by atoms with van der Waals surface area (Å²) in [4.78, 5) is 0. The fourth-order valence-corrected chi connectivity index (χ4v) is 1.72. The Morgan fingerprint density at radius 1 is 0.789 bits per heavy atom. The van der Waals surface area contributed by atoms with Crippen LogP contribution in [0.2, 0.25) is 0 Å². The molecule has 3 N–H and O–H groups in total. The highest BCUT2D eigenvalue weighted by Crippen LogP contribution is 2.15. The lowest BCUT2D eigenvalue weighted by Crippen LogP contribution is -2.17. The van der Waals surface area contributed by atoms with Gasteiger partial charge in [0.25, 0.3) is 0 Å². The Kier molecular flexibility index (Phi) is 2.86. The molecule has 0 fully saturated rings. The predicted molar refractivity (Wildman–Crippen MR) is 71.7 cm³/mol. The fourth-order valence-electron chi connectivity index (χ4n) is 1.72. The maximum atomic E-state index is 5.64. The fraction of sp³-hybridized carbons (Fsp3) is 0. The molecule has 0 saturated heterocycles. The molecule has 0 spiro atoms. The average Bonchev–Trinajstić information content (AvgIpc) is 2.49. The van der Waals surface area contributed by atoms with Gasteiger partial charge in [-0.3, -0.25) is 0 Å². The molecule has 2 aromatic carbocycles. The summed E-state index contributed by atoms with van der Waals surface area (Å²) in [7, 11) is 0. The van der Waals surface area contributed by atoms with Crippen molar-refractivity contribution in [3.63, 3.8) is 0 Å². The van der Waals surface area contributed by atoms with Crippen molar-refractivity contribution in [1.82, 2.24) is 15.3 Å². The number of aromatic amines is 1. The van der Waals surface area contributed by atoms with Crippen LogP contribution >= 0.6 is 0 Å². The lowest BCUT2D eigenvalue weighted by Gasteiger charge is -1.96. The second-order valence-corrected chi connectivity index (χ2v) is 4.08. The Hall–Kier alpha value is -2.82. The quantitative estimate of drug-likeness (QED) is 0.701. The van der Waals surface area contributed by atoms with Crippen molar-refractivity contribution >= 4 is 5.69 Å². The van der Waals surface area contributed by atoms with E-state index in [1.165, 1.54) is 0 Å². The first kappa shape index (κ1) is 11.3. The first-order valence-electron chi connectivity index (χ1n) is 5.87. The van der Waals surface area contributed by atoms with Gasteiger partial charge in [-0.15, -0.1) is 5.10 Å². The molecule has 3 rings (SSSR count). The van der Waals surface area contributed by atoms with Gasteiger partial charge in [-0.05, 0) is 41.5 Å². The minimum absolute atomic E-state index is 0.541. The van der Waals surface area contributed by atoms with Crippen molar-refractivity contribution in [2.24, 2.45) is 0 Å². The number of anilines is 1. The van der Waals surface area contributed by atoms with Crippen LogP contribution in [0.5, 0.6) is 0 Å². The summed E-state index contributed by atoms with van der Waals surface area (Å²) in [5.74, 6) is 1.18. The lowest BCUT2D eigenvalue weighted by molar-refractivity contribution is -0.446. The molecular weight excluding hydrogens is 238 g/mol. The van der Waals surface area contributed by atoms with Crippen LogP contribution in [0.15, 0.2) is 54.6 Å². The van der Waals surface area contributed by atoms with Crippen LogP contribution < -0.4 is 10.8 Å². The van der Waals surface area contributed by atoms with Crippen LogP contribution in [0.3, 0.4) is 0 Å². The van der Waals surface area contributed by atoms with E-state index in [9.17, 15) is 0 Å². The van der Waals surface area contributed by atoms with Crippen LogP contribution in [0.4, 0.5) is 5.69 Å². The summed E-state index contributed by atoms with van der Waals surface area (Å²) in [5, 5.41) is 15.4. The number of nitrogen functional groups attached to an aromatic ring is 1. The highest BCUT2D eigenvalue weighted by molar-refractivity contribution is 5.58. The second kappa shape index (κ2) is 4.81. The minimum Gasteiger partial charge on any atom is -0.399 e. The van der Waals surface area contributed by atoms with Gasteiger partial charge in [0.2, 0.25) is 5.82 Å². The summed E-state index contributed by atoms with van der Waals surface area (Å²) < 4.78 is 0. The number of benzene rings is 2. The largest absolute Gasteiger partial charge is 0.399 e. The van der Waals surface area contributed by atoms with Gasteiger partial charge >= 0.3 is 5.82 Å². The first-order valence-corrected chi connectivity index (χ1v) is 5.87. The van der Waals surface area contributed by atoms with Gasteiger partial charge < -0.3 is 5.73 Å². The maximum absolute atomic E-state index is 5.64. The number of aromatic nitrogens is 4. The van der Waals surface area contributed by atoms with E-state index in [1.54, 1.807) is 0 Å². The van der Waals surface area contributed by atoms with Crippen molar-refractivity contribution in [3.05, 3.63) is 54.6 Å². The summed E-state index contributed by atoms with van der Waals surface area (Å²) in [6.07, 6.45) is 0. The van der Waals surface area contributed by atoms with Crippen molar-refractivity contribution in [1.29, 1.82) is 0 Å². The van der Waals surface area contributed by atoms with Gasteiger partial charge in [-0.25, -0.2) is 0 Å². The monoisotopic (exact) mass is 250 g/mol. The van der Waals surface area contributed by atoms with Gasteiger partial charge in [0.1, 0.15) is 0 Å². The molecule has 0 atom stereocenters. The average molecular weight is 250 g/mol. The van der Waals surface area contributed by atoms with E-state index in [0.29, 0.717) is 17.3 Å². The van der Waals surface area contributed by atoms with Crippen LogP contribution in [0.1, 0.15) is 0 Å². The van der Waals surface area contributed by atoms with E-state index < -0.39 is 0 Å². The molecule has 0 saturated carbocycles. The minimum atomic E-state index is 0.541. The molecule has 0 aliphatic rings. The molecule has 0 aliphatic heterocycles. The summed E-state index contributed by atoms with van der Waals surface area (Å²) in [6.45, 7) is 0. The zero-order valence-corrected chi connectivity index (χ0v) is 10.1. The Morgan fingerprint density at radius 3 is 2.16 bits per heavy atom. The normalized spacial score (nSPS) is 10.3. The highest BCUT2D eigenvalue weighted by atomic mass is 15.3. The van der Waals surface area contributed by atoms with E-state index >= 15 is 0 Å². The number of rotatable bonds is 2. The van der Waals surface area contributed by atoms with E-state index in [2.05, 4.69) is 20.4 Å². The van der Waals surface area contributed by atoms with Crippen molar-refractivity contribution < 1.29 is 5.10 Å². The van der Waals surface area contributed by atoms with Crippen LogP contribution in [-0.4, -0.2) is 15.3 Å². The number of nitrogens with two attached hydrogens (primary N) is 1. The molecule has 3 aromatic rings. The topological polar surface area (TPSA) is 78.8 Å². The van der Waals surface area contributed by atoms with Gasteiger partial charge in [-0.2, -0.15) is 0 Å². The number of nitrogens with one attached hydrogen (secondary N) is 1. The first-order chi connectivity index (χ1) is 9.33. The Labute approximate surface area is 110 Å². The predicted octanol–water partition coefficient (Wildman–Crippen LogP) is 1.60. The van der Waals surface area contributed by atoms with E-state index in [-0.39, 0.29) is 0 Å². The molecule has 0 bridgehead atoms. The third-order valence-corrected chi connectivity index (χ3v) is 2.73. The molecule has 1 heterocycles. The van der Waals surface area contributed by atoms with Crippen molar-refractivity contribution in [3.8, 4) is 22.8 Å². The standard InChI is InChI=1S/C14H11N5/c15-12-8-6-11(7-9-12)14-18-16-13(17-19-14)10-4-2-1-3-5-10/h1-9H,15H2/p+1. The molecule has 0 aliphatic carbocycles. The zero-order chi connectivity index (χ0) is 13.1. The number of hydrogen-bond donors (Lipinski definition) is 1. The molecule has 92 valence electrons. The molecular formula is C14H12N5+. The maximum Gasteiger partial charge on any atom is 0.375 e. The molecule has 5 nitrogen and oxygen atoms in total. The summed E-state index contributed by atoms with van der Waals surface area (Å²) in [5.41, 5.74) is 8.17. The van der Waals surface area contributed by atoms with Gasteiger partial charge in [0, 0.05) is 11.3 Å². The van der Waals surface area contributed by atoms with Crippen LogP contribution in [-0.2, 0) is 0 Å². The highest BCUT2D eigenvalue weighted by Gasteiger charge is 2.12. The SMILES string of the molecule is Nc1ccc(-c2nnc(-c3ccccc3)[nH+]n2)cc1. The van der Waals surface area contributed by atoms with Gasteiger partial charge in [0.15, 0.2) is 0 Å². The third kappa shape index (κ3) is 2.40. The van der Waals surface area contributed by atoms with E-state index in [1.807, 2.05) is 54.6 Å². The van der Waals surface area contributed by atoms with Gasteiger partial charge in [-0.1, -0.05) is 23.3 Å². The molecule has 1 aromatic heterocycles. The van der Waals surface area contributed by atoms with Crippen molar-refractivity contribution in [2.75, 3.05) is 5.73 Å². The molecule has 0 unspecified atom stereocenters. The zero-order valence-electron chi connectivity index (χ0n) is 10.1. The molecule has 0 amide bonds. The smallest absolute Gasteiger partial charge is 0.375 e. The van der Waals surface area contributed by atoms with Gasteiger partial charge in [0.05, 0.1) is 10.7 Å². The Bertz CT molecular complexity index is 662. The van der Waals surface area contributed by atoms with Crippen LogP contribution in [0, 0.1) is 0 Å². The Morgan fingerprint density at radius 2 is 1.53 bits per heavy atom. The molecule has 0 radical (unpaired) electrons. The number of hydrogen-bond acceptors (Lipinski definition) is 4. The third-order valence-electron chi connectivity index (χ3n) is 2.73. The Balaban J connectivity index is 1.93. The number of H-pyrrole nitrogens is 1. The van der Waals surface area contributed by atoms with Crippen molar-refractivity contribution in [2.45, 2.75) is 0 Å². The van der Waals surface area contributed by atoms with E-state index in [4.69, 9.17) is 5.73 Å². The molecule has 19 heavy (non-hydrogen) atoms. The second-order valence-electron chi connectivity index (χ2n) is 4.08.